The number of nitrogens with two attached hydrogens (primary N) is 1. The summed E-state index contributed by atoms with van der Waals surface area (Å²) < 4.78 is 0. The van der Waals surface area contributed by atoms with Crippen LogP contribution in [0.3, 0.4) is 0 Å². The zero-order valence-electron chi connectivity index (χ0n) is 9.42. The van der Waals surface area contributed by atoms with Gasteiger partial charge in [-0.3, -0.25) is 0 Å². The standard InChI is InChI=1S/C11H24N2O/c1-9-3-5-11(14,6-4-9)8-13-10(2)7-12/h9-10,13-14H,3-8,12H2,1-2H3. The summed E-state index contributed by atoms with van der Waals surface area (Å²) in [5.41, 5.74) is 5.03. The summed E-state index contributed by atoms with van der Waals surface area (Å²) in [5.74, 6) is 0.780. The molecule has 0 bridgehead atoms. The third-order valence-electron chi connectivity index (χ3n) is 3.34. The summed E-state index contributed by atoms with van der Waals surface area (Å²) in [4.78, 5) is 0. The van der Waals surface area contributed by atoms with Crippen molar-refractivity contribution < 1.29 is 5.11 Å². The van der Waals surface area contributed by atoms with Gasteiger partial charge in [-0.25, -0.2) is 0 Å². The first-order chi connectivity index (χ1) is 6.56. The Morgan fingerprint density at radius 3 is 2.57 bits per heavy atom. The molecule has 0 saturated heterocycles. The largest absolute Gasteiger partial charge is 0.389 e. The Kier molecular flexibility index (Phi) is 4.35. The van der Waals surface area contributed by atoms with Gasteiger partial charge in [-0.2, -0.15) is 0 Å². The van der Waals surface area contributed by atoms with Gasteiger partial charge in [0.25, 0.3) is 0 Å². The molecule has 3 nitrogen and oxygen atoms in total. The molecule has 0 radical (unpaired) electrons. The predicted octanol–water partition coefficient (Wildman–Crippen LogP) is 0.864. The molecule has 0 heterocycles. The fourth-order valence-corrected chi connectivity index (χ4v) is 1.92. The lowest BCUT2D eigenvalue weighted by Gasteiger charge is -2.35. The SMILES string of the molecule is CC1CCC(O)(CNC(C)CN)CC1. The number of rotatable bonds is 4. The van der Waals surface area contributed by atoms with E-state index in [0.29, 0.717) is 19.1 Å². The van der Waals surface area contributed by atoms with Crippen LogP contribution in [-0.4, -0.2) is 29.8 Å². The number of aliphatic hydroxyl groups is 1. The highest BCUT2D eigenvalue weighted by Crippen LogP contribution is 2.31. The van der Waals surface area contributed by atoms with Crippen molar-refractivity contribution >= 4 is 0 Å². The quantitative estimate of drug-likeness (QED) is 0.631. The van der Waals surface area contributed by atoms with Crippen LogP contribution in [0, 0.1) is 5.92 Å². The summed E-state index contributed by atoms with van der Waals surface area (Å²) in [5, 5.41) is 13.5. The fourth-order valence-electron chi connectivity index (χ4n) is 1.92. The van der Waals surface area contributed by atoms with Crippen LogP contribution in [-0.2, 0) is 0 Å². The molecule has 0 aromatic carbocycles. The lowest BCUT2D eigenvalue weighted by molar-refractivity contribution is -0.00759. The van der Waals surface area contributed by atoms with Crippen LogP contribution >= 0.6 is 0 Å². The molecule has 14 heavy (non-hydrogen) atoms. The average molecular weight is 200 g/mol. The van der Waals surface area contributed by atoms with Gasteiger partial charge in [-0.15, -0.1) is 0 Å². The van der Waals surface area contributed by atoms with Crippen molar-refractivity contribution in [1.82, 2.24) is 5.32 Å². The average Bonchev–Trinajstić information content (AvgIpc) is 2.20. The zero-order valence-corrected chi connectivity index (χ0v) is 9.42. The molecule has 84 valence electrons. The predicted molar refractivity (Wildman–Crippen MR) is 59.1 cm³/mol. The maximum absolute atomic E-state index is 10.2. The van der Waals surface area contributed by atoms with Crippen LogP contribution in [0.2, 0.25) is 0 Å². The Bertz CT molecular complexity index is 165. The second-order valence-corrected chi connectivity index (χ2v) is 4.92. The molecular formula is C11H24N2O. The molecule has 0 aliphatic heterocycles. The van der Waals surface area contributed by atoms with E-state index in [1.807, 2.05) is 0 Å². The minimum Gasteiger partial charge on any atom is -0.389 e. The van der Waals surface area contributed by atoms with Gasteiger partial charge in [-0.1, -0.05) is 6.92 Å². The number of nitrogens with one attached hydrogen (secondary N) is 1. The van der Waals surface area contributed by atoms with Crippen molar-refractivity contribution in [3.8, 4) is 0 Å². The van der Waals surface area contributed by atoms with Gasteiger partial charge >= 0.3 is 0 Å². The summed E-state index contributed by atoms with van der Waals surface area (Å²) in [7, 11) is 0. The van der Waals surface area contributed by atoms with Crippen molar-refractivity contribution in [3.63, 3.8) is 0 Å². The van der Waals surface area contributed by atoms with E-state index in [2.05, 4.69) is 19.2 Å². The molecule has 0 amide bonds. The Labute approximate surface area is 87.1 Å². The topological polar surface area (TPSA) is 58.3 Å². The molecule has 0 aromatic heterocycles. The molecule has 1 unspecified atom stereocenters. The smallest absolute Gasteiger partial charge is 0.0771 e. The van der Waals surface area contributed by atoms with E-state index in [9.17, 15) is 5.11 Å². The number of hydrogen-bond donors (Lipinski definition) is 3. The summed E-state index contributed by atoms with van der Waals surface area (Å²) >= 11 is 0. The van der Waals surface area contributed by atoms with Crippen molar-refractivity contribution in [2.24, 2.45) is 11.7 Å². The first kappa shape index (κ1) is 12.0. The van der Waals surface area contributed by atoms with Gasteiger partial charge in [0, 0.05) is 19.1 Å². The minimum atomic E-state index is -0.476. The fraction of sp³-hybridized carbons (Fsp3) is 1.00. The van der Waals surface area contributed by atoms with E-state index < -0.39 is 5.60 Å². The van der Waals surface area contributed by atoms with Crippen LogP contribution < -0.4 is 11.1 Å². The normalized spacial score (nSPS) is 35.6. The highest BCUT2D eigenvalue weighted by molar-refractivity contribution is 4.87. The van der Waals surface area contributed by atoms with Crippen molar-refractivity contribution in [2.75, 3.05) is 13.1 Å². The molecule has 1 aliphatic rings. The van der Waals surface area contributed by atoms with Gasteiger partial charge < -0.3 is 16.2 Å². The lowest BCUT2D eigenvalue weighted by atomic mass is 9.79. The van der Waals surface area contributed by atoms with Gasteiger partial charge in [0.2, 0.25) is 0 Å². The second-order valence-electron chi connectivity index (χ2n) is 4.92. The van der Waals surface area contributed by atoms with Crippen LogP contribution in [0.25, 0.3) is 0 Å². The van der Waals surface area contributed by atoms with E-state index in [0.717, 1.165) is 31.6 Å². The molecule has 0 aromatic rings. The van der Waals surface area contributed by atoms with Crippen LogP contribution in [0.15, 0.2) is 0 Å². The zero-order chi connectivity index (χ0) is 10.6. The summed E-state index contributed by atoms with van der Waals surface area (Å²) in [6.07, 6.45) is 4.15. The van der Waals surface area contributed by atoms with Crippen molar-refractivity contribution in [2.45, 2.75) is 51.2 Å². The van der Waals surface area contributed by atoms with Crippen LogP contribution in [0.5, 0.6) is 0 Å². The maximum atomic E-state index is 10.2. The number of hydrogen-bond acceptors (Lipinski definition) is 3. The van der Waals surface area contributed by atoms with Gasteiger partial charge in [-0.05, 0) is 38.5 Å². The van der Waals surface area contributed by atoms with Crippen molar-refractivity contribution in [3.05, 3.63) is 0 Å². The Morgan fingerprint density at radius 2 is 2.07 bits per heavy atom. The molecule has 1 atom stereocenters. The van der Waals surface area contributed by atoms with Crippen molar-refractivity contribution in [1.29, 1.82) is 0 Å². The molecular weight excluding hydrogens is 176 g/mol. The van der Waals surface area contributed by atoms with E-state index in [4.69, 9.17) is 5.73 Å². The Balaban J connectivity index is 2.28. The van der Waals surface area contributed by atoms with Gasteiger partial charge in [0.1, 0.15) is 0 Å². The third-order valence-corrected chi connectivity index (χ3v) is 3.34. The molecule has 3 heteroatoms. The molecule has 4 N–H and O–H groups in total. The summed E-state index contributed by atoms with van der Waals surface area (Å²) in [6.45, 7) is 5.63. The van der Waals surface area contributed by atoms with Gasteiger partial charge in [0.15, 0.2) is 0 Å². The molecule has 1 rings (SSSR count). The third kappa shape index (κ3) is 3.56. The second kappa shape index (κ2) is 5.10. The molecule has 1 aliphatic carbocycles. The van der Waals surface area contributed by atoms with E-state index >= 15 is 0 Å². The molecule has 1 saturated carbocycles. The maximum Gasteiger partial charge on any atom is 0.0771 e. The molecule has 0 spiro atoms. The Morgan fingerprint density at radius 1 is 1.50 bits per heavy atom. The van der Waals surface area contributed by atoms with E-state index in [1.54, 1.807) is 0 Å². The minimum absolute atomic E-state index is 0.304. The highest BCUT2D eigenvalue weighted by Gasteiger charge is 2.31. The summed E-state index contributed by atoms with van der Waals surface area (Å²) in [6, 6.07) is 0.304. The van der Waals surface area contributed by atoms with Crippen LogP contribution in [0.1, 0.15) is 39.5 Å². The lowest BCUT2D eigenvalue weighted by Crippen LogP contribution is -2.47. The van der Waals surface area contributed by atoms with Gasteiger partial charge in [0.05, 0.1) is 5.60 Å². The van der Waals surface area contributed by atoms with E-state index in [-0.39, 0.29) is 0 Å². The first-order valence-electron chi connectivity index (χ1n) is 5.71. The first-order valence-corrected chi connectivity index (χ1v) is 5.71. The van der Waals surface area contributed by atoms with Crippen LogP contribution in [0.4, 0.5) is 0 Å². The van der Waals surface area contributed by atoms with E-state index in [1.165, 1.54) is 0 Å². The molecule has 1 fully saturated rings. The highest BCUT2D eigenvalue weighted by atomic mass is 16.3. The monoisotopic (exact) mass is 200 g/mol. The Hall–Kier alpha value is -0.120.